The molecule has 0 aliphatic carbocycles. The van der Waals surface area contributed by atoms with E-state index in [1.165, 1.54) is 7.11 Å². The monoisotopic (exact) mass is 291 g/mol. The van der Waals surface area contributed by atoms with E-state index in [1.54, 1.807) is 36.9 Å². The normalized spacial score (nSPS) is 16.2. The Bertz CT molecular complexity index is 565. The molecule has 0 fully saturated rings. The van der Waals surface area contributed by atoms with Gasteiger partial charge >= 0.3 is 5.97 Å². The SMILES string of the molecule is CCCCN1C(=O)C(C)(C)Oc2ccc(C(=O)OC)cc21. The Morgan fingerprint density at radius 2 is 2.10 bits per heavy atom. The first-order valence-corrected chi connectivity index (χ1v) is 7.14. The van der Waals surface area contributed by atoms with Crippen molar-refractivity contribution in [2.24, 2.45) is 0 Å². The minimum atomic E-state index is -0.895. The van der Waals surface area contributed by atoms with Gasteiger partial charge in [-0.05, 0) is 38.5 Å². The van der Waals surface area contributed by atoms with Gasteiger partial charge in [0.2, 0.25) is 0 Å². The zero-order valence-corrected chi connectivity index (χ0v) is 12.9. The van der Waals surface area contributed by atoms with Crippen molar-refractivity contribution in [3.63, 3.8) is 0 Å². The molecule has 1 aromatic carbocycles. The number of hydrogen-bond donors (Lipinski definition) is 0. The molecule has 5 nitrogen and oxygen atoms in total. The van der Waals surface area contributed by atoms with Crippen molar-refractivity contribution in [1.29, 1.82) is 0 Å². The van der Waals surface area contributed by atoms with Crippen LogP contribution in [0.5, 0.6) is 5.75 Å². The van der Waals surface area contributed by atoms with Gasteiger partial charge in [-0.1, -0.05) is 13.3 Å². The average Bonchev–Trinajstić information content (AvgIpc) is 2.46. The van der Waals surface area contributed by atoms with E-state index in [-0.39, 0.29) is 5.91 Å². The second-order valence-electron chi connectivity index (χ2n) is 5.60. The molecule has 1 aliphatic rings. The summed E-state index contributed by atoms with van der Waals surface area (Å²) in [5, 5.41) is 0. The van der Waals surface area contributed by atoms with Gasteiger partial charge in [-0.3, -0.25) is 4.79 Å². The maximum Gasteiger partial charge on any atom is 0.337 e. The van der Waals surface area contributed by atoms with Crippen LogP contribution in [-0.2, 0) is 9.53 Å². The van der Waals surface area contributed by atoms with Crippen LogP contribution in [0.1, 0.15) is 44.0 Å². The summed E-state index contributed by atoms with van der Waals surface area (Å²) in [5.74, 6) is 0.0966. The number of hydrogen-bond acceptors (Lipinski definition) is 4. The van der Waals surface area contributed by atoms with Crippen LogP contribution in [0.2, 0.25) is 0 Å². The summed E-state index contributed by atoms with van der Waals surface area (Å²) >= 11 is 0. The number of nitrogens with zero attached hydrogens (tertiary/aromatic N) is 1. The first-order valence-electron chi connectivity index (χ1n) is 7.14. The van der Waals surface area contributed by atoms with Crippen LogP contribution in [-0.4, -0.2) is 31.1 Å². The molecule has 1 aromatic rings. The van der Waals surface area contributed by atoms with Gasteiger partial charge in [0.1, 0.15) is 5.75 Å². The fourth-order valence-corrected chi connectivity index (χ4v) is 2.35. The molecule has 0 radical (unpaired) electrons. The minimum Gasteiger partial charge on any atom is -0.476 e. The third-order valence-corrected chi connectivity index (χ3v) is 3.53. The molecule has 21 heavy (non-hydrogen) atoms. The smallest absolute Gasteiger partial charge is 0.337 e. The Balaban J connectivity index is 2.46. The van der Waals surface area contributed by atoms with Crippen LogP contribution in [0.3, 0.4) is 0 Å². The molecule has 114 valence electrons. The molecular weight excluding hydrogens is 270 g/mol. The van der Waals surface area contributed by atoms with Crippen molar-refractivity contribution in [2.45, 2.75) is 39.2 Å². The molecular formula is C16H21NO4. The number of fused-ring (bicyclic) bond motifs is 1. The Morgan fingerprint density at radius 3 is 2.71 bits per heavy atom. The molecule has 1 aliphatic heterocycles. The molecule has 0 saturated heterocycles. The maximum absolute atomic E-state index is 12.6. The van der Waals surface area contributed by atoms with Crippen molar-refractivity contribution in [2.75, 3.05) is 18.6 Å². The van der Waals surface area contributed by atoms with Gasteiger partial charge in [0.25, 0.3) is 5.91 Å². The number of unbranched alkanes of at least 4 members (excludes halogenated alkanes) is 1. The highest BCUT2D eigenvalue weighted by molar-refractivity contribution is 6.03. The molecule has 0 atom stereocenters. The van der Waals surface area contributed by atoms with Gasteiger partial charge in [-0.25, -0.2) is 4.79 Å². The number of carbonyl (C=O) groups is 2. The van der Waals surface area contributed by atoms with Gasteiger partial charge in [0, 0.05) is 6.54 Å². The summed E-state index contributed by atoms with van der Waals surface area (Å²) in [5.41, 5.74) is 0.151. The van der Waals surface area contributed by atoms with Gasteiger partial charge in [0.05, 0.1) is 18.4 Å². The maximum atomic E-state index is 12.6. The van der Waals surface area contributed by atoms with Crippen molar-refractivity contribution in [3.05, 3.63) is 23.8 Å². The Hall–Kier alpha value is -2.04. The zero-order chi connectivity index (χ0) is 15.6. The van der Waals surface area contributed by atoms with Crippen LogP contribution in [0.15, 0.2) is 18.2 Å². The van der Waals surface area contributed by atoms with E-state index >= 15 is 0 Å². The summed E-state index contributed by atoms with van der Waals surface area (Å²) in [6, 6.07) is 5.02. The molecule has 1 amide bonds. The quantitative estimate of drug-likeness (QED) is 0.800. The summed E-state index contributed by atoms with van der Waals surface area (Å²) < 4.78 is 10.5. The van der Waals surface area contributed by atoms with E-state index < -0.39 is 11.6 Å². The molecule has 0 bridgehead atoms. The average molecular weight is 291 g/mol. The van der Waals surface area contributed by atoms with Crippen LogP contribution < -0.4 is 9.64 Å². The van der Waals surface area contributed by atoms with Crippen LogP contribution in [0.25, 0.3) is 0 Å². The van der Waals surface area contributed by atoms with Crippen LogP contribution in [0.4, 0.5) is 5.69 Å². The number of anilines is 1. The lowest BCUT2D eigenvalue weighted by Crippen LogP contribution is -2.52. The molecule has 0 spiro atoms. The Labute approximate surface area is 124 Å². The van der Waals surface area contributed by atoms with Crippen molar-refractivity contribution < 1.29 is 19.1 Å². The minimum absolute atomic E-state index is 0.0922. The highest BCUT2D eigenvalue weighted by Gasteiger charge is 2.40. The van der Waals surface area contributed by atoms with Gasteiger partial charge < -0.3 is 14.4 Å². The van der Waals surface area contributed by atoms with E-state index in [0.717, 1.165) is 12.8 Å². The van der Waals surface area contributed by atoms with E-state index in [4.69, 9.17) is 9.47 Å². The van der Waals surface area contributed by atoms with Gasteiger partial charge in [0.15, 0.2) is 5.60 Å². The summed E-state index contributed by atoms with van der Waals surface area (Å²) in [4.78, 5) is 25.9. The summed E-state index contributed by atoms with van der Waals surface area (Å²) in [6.45, 7) is 6.19. The number of carbonyl (C=O) groups excluding carboxylic acids is 2. The molecule has 0 N–H and O–H groups in total. The third kappa shape index (κ3) is 2.86. The lowest BCUT2D eigenvalue weighted by atomic mass is 10.0. The van der Waals surface area contributed by atoms with E-state index in [1.807, 2.05) is 0 Å². The third-order valence-electron chi connectivity index (χ3n) is 3.53. The number of methoxy groups -OCH3 is 1. The summed E-state index contributed by atoms with van der Waals surface area (Å²) in [7, 11) is 1.33. The molecule has 0 unspecified atom stereocenters. The highest BCUT2D eigenvalue weighted by atomic mass is 16.5. The first-order chi connectivity index (χ1) is 9.90. The molecule has 0 saturated carbocycles. The number of amides is 1. The first kappa shape index (κ1) is 15.4. The predicted octanol–water partition coefficient (Wildman–Crippen LogP) is 2.78. The van der Waals surface area contributed by atoms with E-state index in [2.05, 4.69) is 6.92 Å². The fourth-order valence-electron chi connectivity index (χ4n) is 2.35. The van der Waals surface area contributed by atoms with E-state index in [0.29, 0.717) is 23.5 Å². The topological polar surface area (TPSA) is 55.8 Å². The number of benzene rings is 1. The van der Waals surface area contributed by atoms with Crippen molar-refractivity contribution in [1.82, 2.24) is 0 Å². The van der Waals surface area contributed by atoms with Gasteiger partial charge in [-0.2, -0.15) is 0 Å². The largest absolute Gasteiger partial charge is 0.476 e. The van der Waals surface area contributed by atoms with Crippen LogP contribution >= 0.6 is 0 Å². The Kier molecular flexibility index (Phi) is 4.21. The molecule has 5 heteroatoms. The Morgan fingerprint density at radius 1 is 1.38 bits per heavy atom. The van der Waals surface area contributed by atoms with E-state index in [9.17, 15) is 9.59 Å². The summed E-state index contributed by atoms with van der Waals surface area (Å²) in [6.07, 6.45) is 1.88. The number of ether oxygens (including phenoxy) is 2. The predicted molar refractivity (Wildman–Crippen MR) is 79.7 cm³/mol. The molecule has 2 rings (SSSR count). The highest BCUT2D eigenvalue weighted by Crippen LogP contribution is 2.38. The second-order valence-corrected chi connectivity index (χ2v) is 5.60. The second kappa shape index (κ2) is 5.76. The number of esters is 1. The van der Waals surface area contributed by atoms with Crippen LogP contribution in [0, 0.1) is 0 Å². The van der Waals surface area contributed by atoms with Crippen molar-refractivity contribution >= 4 is 17.6 Å². The molecule has 0 aromatic heterocycles. The standard InChI is InChI=1S/C16H21NO4/c1-5-6-9-17-12-10-11(14(18)20-4)7-8-13(12)21-16(2,3)15(17)19/h7-8,10H,5-6,9H2,1-4H3. The van der Waals surface area contributed by atoms with Gasteiger partial charge in [-0.15, -0.1) is 0 Å². The fraction of sp³-hybridized carbons (Fsp3) is 0.500. The zero-order valence-electron chi connectivity index (χ0n) is 12.9. The lowest BCUT2D eigenvalue weighted by Gasteiger charge is -2.39. The lowest BCUT2D eigenvalue weighted by molar-refractivity contribution is -0.132. The van der Waals surface area contributed by atoms with Crippen molar-refractivity contribution in [3.8, 4) is 5.75 Å². The molecule has 1 heterocycles. The number of rotatable bonds is 4.